The topological polar surface area (TPSA) is 96.9 Å². The summed E-state index contributed by atoms with van der Waals surface area (Å²) in [5.41, 5.74) is -1.02. The predicted octanol–water partition coefficient (Wildman–Crippen LogP) is 2.32. The van der Waals surface area contributed by atoms with Crippen molar-refractivity contribution in [2.24, 2.45) is 0 Å². The lowest BCUT2D eigenvalue weighted by Crippen LogP contribution is -2.52. The van der Waals surface area contributed by atoms with Gasteiger partial charge in [0.15, 0.2) is 0 Å². The van der Waals surface area contributed by atoms with Crippen molar-refractivity contribution in [3.05, 3.63) is 0 Å². The van der Waals surface area contributed by atoms with Crippen LogP contribution in [0.15, 0.2) is 0 Å². The van der Waals surface area contributed by atoms with E-state index < -0.39 is 35.5 Å². The molecular formula is C16H30N2O5. The van der Waals surface area contributed by atoms with Crippen molar-refractivity contribution in [2.75, 3.05) is 0 Å². The minimum Gasteiger partial charge on any atom is -0.444 e. The first kappa shape index (κ1) is 19.5. The summed E-state index contributed by atoms with van der Waals surface area (Å²) in [6.07, 6.45) is -0.892. The van der Waals surface area contributed by atoms with E-state index >= 15 is 0 Å². The number of ether oxygens (including phenoxy) is 2. The van der Waals surface area contributed by atoms with Gasteiger partial charge in [0, 0.05) is 12.0 Å². The molecule has 2 amide bonds. The Bertz CT molecular complexity index is 425. The summed E-state index contributed by atoms with van der Waals surface area (Å²) in [4.78, 5) is 23.9. The fourth-order valence-corrected chi connectivity index (χ4v) is 2.34. The van der Waals surface area contributed by atoms with Gasteiger partial charge in [-0.05, 0) is 54.4 Å². The largest absolute Gasteiger partial charge is 0.444 e. The van der Waals surface area contributed by atoms with E-state index in [-0.39, 0.29) is 12.5 Å². The van der Waals surface area contributed by atoms with Gasteiger partial charge in [0.1, 0.15) is 11.7 Å². The van der Waals surface area contributed by atoms with E-state index in [4.69, 9.17) is 9.47 Å². The van der Waals surface area contributed by atoms with Crippen LogP contribution in [0.4, 0.5) is 9.59 Å². The second kappa shape index (κ2) is 7.38. The highest BCUT2D eigenvalue weighted by molar-refractivity contribution is 5.69. The molecule has 0 saturated heterocycles. The van der Waals surface area contributed by atoms with Gasteiger partial charge in [0.25, 0.3) is 0 Å². The third-order valence-corrected chi connectivity index (χ3v) is 3.20. The summed E-state index contributed by atoms with van der Waals surface area (Å²) in [7, 11) is 0. The minimum atomic E-state index is -0.599. The first-order chi connectivity index (χ1) is 10.4. The van der Waals surface area contributed by atoms with Gasteiger partial charge >= 0.3 is 12.2 Å². The van der Waals surface area contributed by atoms with E-state index in [9.17, 15) is 14.7 Å². The molecular weight excluding hydrogens is 300 g/mol. The van der Waals surface area contributed by atoms with Crippen LogP contribution >= 0.6 is 0 Å². The van der Waals surface area contributed by atoms with Crippen LogP contribution in [0.1, 0.15) is 60.8 Å². The zero-order valence-electron chi connectivity index (χ0n) is 14.9. The lowest BCUT2D eigenvalue weighted by Gasteiger charge is -2.35. The van der Waals surface area contributed by atoms with Gasteiger partial charge in [-0.1, -0.05) is 0 Å². The molecule has 0 heterocycles. The Balaban J connectivity index is 2.64. The lowest BCUT2D eigenvalue weighted by molar-refractivity contribution is -0.00601. The number of carbonyl (C=O) groups excluding carboxylic acids is 2. The van der Waals surface area contributed by atoms with E-state index in [0.29, 0.717) is 12.8 Å². The minimum absolute atomic E-state index is 0.290. The summed E-state index contributed by atoms with van der Waals surface area (Å²) in [5, 5.41) is 15.3. The van der Waals surface area contributed by atoms with Gasteiger partial charge in [0.2, 0.25) is 0 Å². The Hall–Kier alpha value is -1.50. The van der Waals surface area contributed by atoms with Gasteiger partial charge in [-0.15, -0.1) is 0 Å². The molecule has 1 aliphatic rings. The number of nitrogens with one attached hydrogen (secondary N) is 2. The first-order valence-corrected chi connectivity index (χ1v) is 8.02. The van der Waals surface area contributed by atoms with E-state index in [0.717, 1.165) is 0 Å². The number of hydrogen-bond acceptors (Lipinski definition) is 5. The molecule has 0 aromatic rings. The summed E-state index contributed by atoms with van der Waals surface area (Å²) in [5.74, 6) is 0. The molecule has 134 valence electrons. The summed E-state index contributed by atoms with van der Waals surface area (Å²) in [6, 6.07) is -0.376. The second-order valence-electron chi connectivity index (χ2n) is 8.04. The molecule has 0 aromatic carbocycles. The SMILES string of the molecule is CC(C)(C)NC(=O)OC1CC(O)CCC1NC(=O)OC(C)(C)C. The van der Waals surface area contributed by atoms with Crippen molar-refractivity contribution in [3.8, 4) is 0 Å². The molecule has 3 unspecified atom stereocenters. The molecule has 0 aromatic heterocycles. The summed E-state index contributed by atoms with van der Waals surface area (Å²) < 4.78 is 10.6. The van der Waals surface area contributed by atoms with Gasteiger partial charge in [-0.3, -0.25) is 0 Å². The van der Waals surface area contributed by atoms with Gasteiger partial charge in [0.05, 0.1) is 12.1 Å². The zero-order valence-corrected chi connectivity index (χ0v) is 14.9. The average molecular weight is 330 g/mol. The molecule has 1 fully saturated rings. The highest BCUT2D eigenvalue weighted by Crippen LogP contribution is 2.23. The Kier molecular flexibility index (Phi) is 6.27. The van der Waals surface area contributed by atoms with Crippen molar-refractivity contribution >= 4 is 12.2 Å². The fraction of sp³-hybridized carbons (Fsp3) is 0.875. The number of aliphatic hydroxyl groups excluding tert-OH is 1. The number of rotatable bonds is 2. The van der Waals surface area contributed by atoms with Gasteiger partial charge in [-0.2, -0.15) is 0 Å². The van der Waals surface area contributed by atoms with Crippen molar-refractivity contribution < 1.29 is 24.2 Å². The molecule has 7 nitrogen and oxygen atoms in total. The number of alkyl carbamates (subject to hydrolysis) is 2. The van der Waals surface area contributed by atoms with Crippen molar-refractivity contribution in [2.45, 2.75) is 90.2 Å². The first-order valence-electron chi connectivity index (χ1n) is 8.02. The van der Waals surface area contributed by atoms with Crippen LogP contribution in [0.25, 0.3) is 0 Å². The van der Waals surface area contributed by atoms with Crippen molar-refractivity contribution in [1.82, 2.24) is 10.6 Å². The maximum absolute atomic E-state index is 11.9. The standard InChI is InChI=1S/C16H30N2O5/c1-15(2,3)18-14(21)22-12-9-10(19)7-8-11(12)17-13(20)23-16(4,5)6/h10-12,19H,7-9H2,1-6H3,(H,17,20)(H,18,21). The van der Waals surface area contributed by atoms with Gasteiger partial charge in [-0.25, -0.2) is 9.59 Å². The normalized spacial score (nSPS) is 25.4. The molecule has 7 heteroatoms. The Morgan fingerprint density at radius 2 is 1.65 bits per heavy atom. The lowest BCUT2D eigenvalue weighted by atomic mass is 9.90. The number of aliphatic hydroxyl groups is 1. The molecule has 0 spiro atoms. The van der Waals surface area contributed by atoms with Crippen LogP contribution in [0.2, 0.25) is 0 Å². The molecule has 3 atom stereocenters. The number of hydrogen-bond donors (Lipinski definition) is 3. The van der Waals surface area contributed by atoms with Crippen molar-refractivity contribution in [3.63, 3.8) is 0 Å². The van der Waals surface area contributed by atoms with Crippen LogP contribution in [-0.4, -0.2) is 46.7 Å². The maximum Gasteiger partial charge on any atom is 0.408 e. The smallest absolute Gasteiger partial charge is 0.408 e. The molecule has 1 aliphatic carbocycles. The second-order valence-corrected chi connectivity index (χ2v) is 8.04. The predicted molar refractivity (Wildman–Crippen MR) is 86.2 cm³/mol. The van der Waals surface area contributed by atoms with E-state index in [1.54, 1.807) is 20.8 Å². The number of amides is 2. The molecule has 0 radical (unpaired) electrons. The average Bonchev–Trinajstić information content (AvgIpc) is 2.27. The van der Waals surface area contributed by atoms with E-state index in [2.05, 4.69) is 10.6 Å². The quantitative estimate of drug-likeness (QED) is 0.722. The molecule has 23 heavy (non-hydrogen) atoms. The Morgan fingerprint density at radius 3 is 2.17 bits per heavy atom. The molecule has 3 N–H and O–H groups in total. The van der Waals surface area contributed by atoms with Crippen LogP contribution in [0.5, 0.6) is 0 Å². The zero-order chi connectivity index (χ0) is 17.8. The highest BCUT2D eigenvalue weighted by Gasteiger charge is 2.35. The molecule has 1 saturated carbocycles. The van der Waals surface area contributed by atoms with E-state index in [1.165, 1.54) is 0 Å². The molecule has 0 bridgehead atoms. The summed E-state index contributed by atoms with van der Waals surface area (Å²) in [6.45, 7) is 10.9. The monoisotopic (exact) mass is 330 g/mol. The van der Waals surface area contributed by atoms with Crippen LogP contribution in [0, 0.1) is 0 Å². The number of carbonyl (C=O) groups is 2. The molecule has 0 aliphatic heterocycles. The third-order valence-electron chi connectivity index (χ3n) is 3.20. The highest BCUT2D eigenvalue weighted by atomic mass is 16.6. The Morgan fingerprint density at radius 1 is 1.04 bits per heavy atom. The summed E-state index contributed by atoms with van der Waals surface area (Å²) >= 11 is 0. The van der Waals surface area contributed by atoms with Crippen LogP contribution < -0.4 is 10.6 Å². The van der Waals surface area contributed by atoms with Crippen LogP contribution in [-0.2, 0) is 9.47 Å². The van der Waals surface area contributed by atoms with Gasteiger partial charge < -0.3 is 25.2 Å². The third kappa shape index (κ3) is 8.06. The fourth-order valence-electron chi connectivity index (χ4n) is 2.34. The molecule has 1 rings (SSSR count). The van der Waals surface area contributed by atoms with Crippen LogP contribution in [0.3, 0.4) is 0 Å². The Labute approximate surface area is 138 Å². The maximum atomic E-state index is 11.9. The van der Waals surface area contributed by atoms with E-state index in [1.807, 2.05) is 20.8 Å². The van der Waals surface area contributed by atoms with Crippen molar-refractivity contribution in [1.29, 1.82) is 0 Å².